The Labute approximate surface area is 169 Å². The van der Waals surface area contributed by atoms with Crippen LogP contribution in [0.3, 0.4) is 0 Å². The van der Waals surface area contributed by atoms with E-state index in [2.05, 4.69) is 15.5 Å². The first-order valence-corrected chi connectivity index (χ1v) is 9.48. The van der Waals surface area contributed by atoms with Gasteiger partial charge in [-0.05, 0) is 36.4 Å². The van der Waals surface area contributed by atoms with Crippen LogP contribution in [0.15, 0.2) is 59.6 Å². The van der Waals surface area contributed by atoms with Crippen molar-refractivity contribution in [3.8, 4) is 22.8 Å². The van der Waals surface area contributed by atoms with Crippen LogP contribution in [0.25, 0.3) is 11.3 Å². The van der Waals surface area contributed by atoms with Gasteiger partial charge in [0, 0.05) is 11.6 Å². The summed E-state index contributed by atoms with van der Waals surface area (Å²) in [5, 5.41) is 22.4. The number of anilines is 1. The van der Waals surface area contributed by atoms with Gasteiger partial charge in [0.1, 0.15) is 10.7 Å². The normalized spacial score (nSPS) is 11.9. The van der Waals surface area contributed by atoms with Crippen LogP contribution in [0, 0.1) is 10.1 Å². The molecule has 0 unspecified atom stereocenters. The zero-order chi connectivity index (χ0) is 20.2. The van der Waals surface area contributed by atoms with Gasteiger partial charge in [0.25, 0.3) is 5.69 Å². The van der Waals surface area contributed by atoms with Crippen LogP contribution in [0.1, 0.15) is 0 Å². The highest BCUT2D eigenvalue weighted by atomic mass is 32.2. The second-order valence-electron chi connectivity index (χ2n) is 5.94. The number of aromatic nitrogens is 2. The maximum absolute atomic E-state index is 12.1. The Bertz CT molecular complexity index is 1070. The molecule has 2 heterocycles. The van der Waals surface area contributed by atoms with E-state index in [1.54, 1.807) is 24.3 Å². The lowest BCUT2D eigenvalue weighted by molar-refractivity contribution is -0.383. The van der Waals surface area contributed by atoms with E-state index in [0.29, 0.717) is 22.2 Å². The first-order valence-electron chi connectivity index (χ1n) is 8.50. The second kappa shape index (κ2) is 8.15. The zero-order valence-corrected chi connectivity index (χ0v) is 15.7. The summed E-state index contributed by atoms with van der Waals surface area (Å²) in [6.45, 7) is 0.203. The maximum Gasteiger partial charge on any atom is 0.292 e. The van der Waals surface area contributed by atoms with Crippen LogP contribution in [-0.2, 0) is 4.79 Å². The van der Waals surface area contributed by atoms with Crippen LogP contribution < -0.4 is 14.8 Å². The Morgan fingerprint density at radius 1 is 1.10 bits per heavy atom. The number of thioether (sulfide) groups is 1. The van der Waals surface area contributed by atoms with Crippen LogP contribution in [0.4, 0.5) is 11.4 Å². The van der Waals surface area contributed by atoms with Crippen molar-refractivity contribution in [3.05, 3.63) is 64.7 Å². The molecule has 1 aromatic heterocycles. The van der Waals surface area contributed by atoms with E-state index in [1.807, 2.05) is 18.2 Å². The van der Waals surface area contributed by atoms with Gasteiger partial charge >= 0.3 is 0 Å². The molecule has 0 fully saturated rings. The van der Waals surface area contributed by atoms with Gasteiger partial charge in [-0.15, -0.1) is 10.2 Å². The van der Waals surface area contributed by atoms with Gasteiger partial charge in [0.15, 0.2) is 11.5 Å². The third-order valence-electron chi connectivity index (χ3n) is 4.03. The smallest absolute Gasteiger partial charge is 0.292 e. The van der Waals surface area contributed by atoms with Gasteiger partial charge in [0.05, 0.1) is 16.4 Å². The predicted octanol–water partition coefficient (Wildman–Crippen LogP) is 3.51. The van der Waals surface area contributed by atoms with Gasteiger partial charge in [-0.1, -0.05) is 23.9 Å². The average Bonchev–Trinajstić information content (AvgIpc) is 3.21. The number of ether oxygens (including phenoxy) is 2. The number of amides is 1. The molecule has 0 atom stereocenters. The van der Waals surface area contributed by atoms with Crippen molar-refractivity contribution < 1.29 is 19.2 Å². The minimum absolute atomic E-state index is 0.0457. The summed E-state index contributed by atoms with van der Waals surface area (Å²) in [4.78, 5) is 22.6. The van der Waals surface area contributed by atoms with Crippen molar-refractivity contribution in [1.29, 1.82) is 0 Å². The van der Waals surface area contributed by atoms with Crippen molar-refractivity contribution >= 4 is 29.0 Å². The molecular weight excluding hydrogens is 396 g/mol. The highest BCUT2D eigenvalue weighted by Crippen LogP contribution is 2.35. The molecule has 1 N–H and O–H groups in total. The van der Waals surface area contributed by atoms with E-state index >= 15 is 0 Å². The fraction of sp³-hybridized carbons (Fsp3) is 0.105. The summed E-state index contributed by atoms with van der Waals surface area (Å²) in [7, 11) is 0. The van der Waals surface area contributed by atoms with E-state index in [-0.39, 0.29) is 29.8 Å². The lowest BCUT2D eigenvalue weighted by Crippen LogP contribution is -2.15. The Hall–Kier alpha value is -3.66. The fourth-order valence-electron chi connectivity index (χ4n) is 2.67. The lowest BCUT2D eigenvalue weighted by Gasteiger charge is -2.06. The summed E-state index contributed by atoms with van der Waals surface area (Å²) in [6.07, 6.45) is 0. The van der Waals surface area contributed by atoms with Crippen LogP contribution in [-0.4, -0.2) is 33.6 Å². The molecule has 1 aliphatic rings. The van der Waals surface area contributed by atoms with E-state index in [9.17, 15) is 14.9 Å². The minimum atomic E-state index is -0.539. The highest BCUT2D eigenvalue weighted by molar-refractivity contribution is 7.99. The SMILES string of the molecule is O=C(CSc1ccc(-c2ccc3c(c2)OCO3)nn1)Nc1ccccc1[N+](=O)[O-]. The molecule has 4 rings (SSSR count). The van der Waals surface area contributed by atoms with Crippen molar-refractivity contribution in [1.82, 2.24) is 10.2 Å². The number of hydrogen-bond donors (Lipinski definition) is 1. The topological polar surface area (TPSA) is 116 Å². The van der Waals surface area contributed by atoms with Gasteiger partial charge < -0.3 is 14.8 Å². The summed E-state index contributed by atoms with van der Waals surface area (Å²) in [5.74, 6) is 1.03. The standard InChI is InChI=1S/C19H14N4O5S/c24-18(20-14-3-1-2-4-15(14)23(25)26)10-29-19-8-6-13(21-22-19)12-5-7-16-17(9-12)28-11-27-16/h1-9H,10-11H2,(H,20,24). The summed E-state index contributed by atoms with van der Waals surface area (Å²) < 4.78 is 10.6. The maximum atomic E-state index is 12.1. The highest BCUT2D eigenvalue weighted by Gasteiger charge is 2.16. The Balaban J connectivity index is 1.37. The minimum Gasteiger partial charge on any atom is -0.454 e. The molecule has 0 spiro atoms. The lowest BCUT2D eigenvalue weighted by atomic mass is 10.1. The molecule has 0 saturated heterocycles. The largest absolute Gasteiger partial charge is 0.454 e. The molecule has 1 aliphatic heterocycles. The molecule has 0 radical (unpaired) electrons. The molecule has 10 heteroatoms. The van der Waals surface area contributed by atoms with Gasteiger partial charge in [-0.2, -0.15) is 0 Å². The monoisotopic (exact) mass is 410 g/mol. The number of rotatable bonds is 6. The third-order valence-corrected chi connectivity index (χ3v) is 4.95. The molecule has 0 aliphatic carbocycles. The number of nitro benzene ring substituents is 1. The fourth-order valence-corrected chi connectivity index (χ4v) is 3.29. The molecular formula is C19H14N4O5S. The van der Waals surface area contributed by atoms with Crippen molar-refractivity contribution in [2.45, 2.75) is 5.03 Å². The Morgan fingerprint density at radius 3 is 2.72 bits per heavy atom. The van der Waals surface area contributed by atoms with Crippen LogP contribution >= 0.6 is 11.8 Å². The van der Waals surface area contributed by atoms with Crippen LogP contribution in [0.5, 0.6) is 11.5 Å². The van der Waals surface area contributed by atoms with Crippen LogP contribution in [0.2, 0.25) is 0 Å². The van der Waals surface area contributed by atoms with Crippen molar-refractivity contribution in [2.24, 2.45) is 0 Å². The first kappa shape index (κ1) is 18.7. The van der Waals surface area contributed by atoms with Crippen molar-refractivity contribution in [2.75, 3.05) is 17.9 Å². The van der Waals surface area contributed by atoms with E-state index in [1.165, 1.54) is 23.9 Å². The van der Waals surface area contributed by atoms with E-state index in [0.717, 1.165) is 5.56 Å². The molecule has 9 nitrogen and oxygen atoms in total. The average molecular weight is 410 g/mol. The number of fused-ring (bicyclic) bond motifs is 1. The molecule has 0 bridgehead atoms. The number of nitrogens with one attached hydrogen (secondary N) is 1. The first-order chi connectivity index (χ1) is 14.1. The second-order valence-corrected chi connectivity index (χ2v) is 6.93. The number of nitrogens with zero attached hydrogens (tertiary/aromatic N) is 3. The van der Waals surface area contributed by atoms with Gasteiger partial charge in [0.2, 0.25) is 12.7 Å². The molecule has 29 heavy (non-hydrogen) atoms. The summed E-state index contributed by atoms with van der Waals surface area (Å²) in [6, 6.07) is 15.1. The van der Waals surface area contributed by atoms with Crippen molar-refractivity contribution in [3.63, 3.8) is 0 Å². The molecule has 1 amide bonds. The molecule has 3 aromatic rings. The number of benzene rings is 2. The number of nitro groups is 1. The van der Waals surface area contributed by atoms with E-state index in [4.69, 9.17) is 9.47 Å². The Kier molecular flexibility index (Phi) is 5.25. The number of carbonyl (C=O) groups is 1. The summed E-state index contributed by atoms with van der Waals surface area (Å²) >= 11 is 1.19. The number of carbonyl (C=O) groups excluding carboxylic acids is 1. The Morgan fingerprint density at radius 2 is 1.93 bits per heavy atom. The number of hydrogen-bond acceptors (Lipinski definition) is 8. The van der Waals surface area contributed by atoms with E-state index < -0.39 is 4.92 Å². The predicted molar refractivity (Wildman–Crippen MR) is 106 cm³/mol. The molecule has 2 aromatic carbocycles. The number of para-hydroxylation sites is 2. The zero-order valence-electron chi connectivity index (χ0n) is 14.9. The van der Waals surface area contributed by atoms with Gasteiger partial charge in [-0.25, -0.2) is 0 Å². The molecule has 0 saturated carbocycles. The molecule has 146 valence electrons. The quantitative estimate of drug-likeness (QED) is 0.373. The summed E-state index contributed by atoms with van der Waals surface area (Å²) in [5.41, 5.74) is 1.51. The van der Waals surface area contributed by atoms with Gasteiger partial charge in [-0.3, -0.25) is 14.9 Å². The third kappa shape index (κ3) is 4.27.